The number of dihydropyridines is 1. The van der Waals surface area contributed by atoms with E-state index in [0.717, 1.165) is 22.2 Å². The van der Waals surface area contributed by atoms with Gasteiger partial charge in [-0.15, -0.1) is 0 Å². The van der Waals surface area contributed by atoms with Gasteiger partial charge >= 0.3 is 0 Å². The van der Waals surface area contributed by atoms with Crippen LogP contribution in [0.4, 0.5) is 0 Å². The highest BCUT2D eigenvalue weighted by atomic mass is 16.5. The second-order valence-electron chi connectivity index (χ2n) is 5.86. The molecule has 126 valence electrons. The first-order chi connectivity index (χ1) is 12.0. The summed E-state index contributed by atoms with van der Waals surface area (Å²) in [6, 6.07) is 3.85. The third-order valence-electron chi connectivity index (χ3n) is 4.30. The first-order valence-corrected chi connectivity index (χ1v) is 7.58. The second-order valence-corrected chi connectivity index (χ2v) is 5.86. The number of oxime groups is 1. The lowest BCUT2D eigenvalue weighted by Crippen LogP contribution is -2.29. The van der Waals surface area contributed by atoms with E-state index in [9.17, 15) is 0 Å². The summed E-state index contributed by atoms with van der Waals surface area (Å²) in [7, 11) is 0. The van der Waals surface area contributed by atoms with Crippen molar-refractivity contribution in [3.05, 3.63) is 34.8 Å². The van der Waals surface area contributed by atoms with Gasteiger partial charge < -0.3 is 20.4 Å². The standard InChI is InChI=1S/C16H15N7O2/c1-6-10(12(17)13(18)15(19-6)22-24)5-8-3-4-9-11-7(2)23-25-16(11)21-14(9)20-8/h3-4,18,24H,5,17H2,1-2H3,(H,20,21)/b18-13?,22-15+. The zero-order valence-corrected chi connectivity index (χ0v) is 13.6. The highest BCUT2D eigenvalue weighted by molar-refractivity contribution is 6.50. The zero-order chi connectivity index (χ0) is 17.7. The summed E-state index contributed by atoms with van der Waals surface area (Å²) >= 11 is 0. The molecule has 0 aromatic carbocycles. The van der Waals surface area contributed by atoms with Crippen molar-refractivity contribution in [2.24, 2.45) is 15.9 Å². The van der Waals surface area contributed by atoms with Crippen molar-refractivity contribution in [1.29, 1.82) is 5.41 Å². The Morgan fingerprint density at radius 2 is 2.16 bits per heavy atom. The highest BCUT2D eigenvalue weighted by Crippen LogP contribution is 2.27. The molecule has 1 aliphatic rings. The molecule has 3 aromatic heterocycles. The molecule has 0 amide bonds. The topological polar surface area (TPSA) is 150 Å². The molecule has 5 N–H and O–H groups in total. The van der Waals surface area contributed by atoms with Gasteiger partial charge in [-0.1, -0.05) is 10.3 Å². The summed E-state index contributed by atoms with van der Waals surface area (Å²) in [5.74, 6) is -0.0881. The van der Waals surface area contributed by atoms with Crippen molar-refractivity contribution in [2.75, 3.05) is 0 Å². The van der Waals surface area contributed by atoms with Crippen molar-refractivity contribution >= 4 is 39.4 Å². The predicted molar refractivity (Wildman–Crippen MR) is 93.4 cm³/mol. The molecule has 0 fully saturated rings. The van der Waals surface area contributed by atoms with E-state index in [2.05, 4.69) is 25.3 Å². The van der Waals surface area contributed by atoms with Crippen LogP contribution in [0.1, 0.15) is 18.3 Å². The smallest absolute Gasteiger partial charge is 0.238 e. The first-order valence-electron chi connectivity index (χ1n) is 7.58. The van der Waals surface area contributed by atoms with Crippen LogP contribution in [-0.4, -0.2) is 37.6 Å². The molecule has 9 heteroatoms. The number of H-pyrrole nitrogens is 1. The van der Waals surface area contributed by atoms with Crippen molar-refractivity contribution in [3.8, 4) is 0 Å². The monoisotopic (exact) mass is 337 g/mol. The van der Waals surface area contributed by atoms with Gasteiger partial charge in [0.2, 0.25) is 11.5 Å². The highest BCUT2D eigenvalue weighted by Gasteiger charge is 2.23. The number of amidine groups is 1. The van der Waals surface area contributed by atoms with Gasteiger partial charge in [-0.25, -0.2) is 9.98 Å². The summed E-state index contributed by atoms with van der Waals surface area (Å²) < 4.78 is 5.24. The maximum Gasteiger partial charge on any atom is 0.238 e. The van der Waals surface area contributed by atoms with Crippen molar-refractivity contribution < 1.29 is 9.73 Å². The normalized spacial score (nSPS) is 17.1. The molecule has 0 atom stereocenters. The van der Waals surface area contributed by atoms with Gasteiger partial charge in [0.05, 0.1) is 16.8 Å². The number of nitrogens with two attached hydrogens (primary N) is 1. The number of hydrogen-bond donors (Lipinski definition) is 4. The van der Waals surface area contributed by atoms with Crippen LogP contribution in [0.2, 0.25) is 0 Å². The largest absolute Gasteiger partial charge is 0.409 e. The molecule has 0 radical (unpaired) electrons. The van der Waals surface area contributed by atoms with Gasteiger partial charge in [-0.2, -0.15) is 0 Å². The molecule has 0 saturated heterocycles. The number of hydrogen-bond acceptors (Lipinski definition) is 7. The van der Waals surface area contributed by atoms with Crippen LogP contribution >= 0.6 is 0 Å². The summed E-state index contributed by atoms with van der Waals surface area (Å²) in [5, 5.41) is 25.6. The number of aromatic amines is 1. The maximum absolute atomic E-state index is 8.89. The molecule has 0 bridgehead atoms. The fraction of sp³-hybridized carbons (Fsp3) is 0.188. The van der Waals surface area contributed by atoms with Gasteiger partial charge in [0, 0.05) is 28.8 Å². The van der Waals surface area contributed by atoms with Crippen molar-refractivity contribution in [2.45, 2.75) is 20.3 Å². The fourth-order valence-electron chi connectivity index (χ4n) is 3.00. The minimum atomic E-state index is -0.0942. The Hall–Kier alpha value is -3.49. The lowest BCUT2D eigenvalue weighted by Gasteiger charge is -2.17. The van der Waals surface area contributed by atoms with E-state index in [1.54, 1.807) is 6.92 Å². The molecule has 4 rings (SSSR count). The Morgan fingerprint density at radius 3 is 2.92 bits per heavy atom. The van der Waals surface area contributed by atoms with Crippen LogP contribution in [0.15, 0.2) is 38.1 Å². The van der Waals surface area contributed by atoms with Crippen LogP contribution in [0.3, 0.4) is 0 Å². The molecule has 0 aliphatic carbocycles. The minimum Gasteiger partial charge on any atom is -0.409 e. The number of nitrogens with one attached hydrogen (secondary N) is 2. The molecule has 9 nitrogen and oxygen atoms in total. The number of aromatic nitrogens is 3. The number of aliphatic imine (C=N–C) groups is 1. The second kappa shape index (κ2) is 5.26. The van der Waals surface area contributed by atoms with Gasteiger partial charge in [0.15, 0.2) is 0 Å². The predicted octanol–water partition coefficient (Wildman–Crippen LogP) is 2.05. The summed E-state index contributed by atoms with van der Waals surface area (Å²) in [4.78, 5) is 11.8. The summed E-state index contributed by atoms with van der Waals surface area (Å²) in [6.07, 6.45) is 0.413. The molecule has 3 aromatic rings. The van der Waals surface area contributed by atoms with Crippen LogP contribution in [0.5, 0.6) is 0 Å². The number of nitrogens with zero attached hydrogens (tertiary/aromatic N) is 4. The van der Waals surface area contributed by atoms with E-state index >= 15 is 0 Å². The molecular formula is C16H15N7O2. The fourth-order valence-corrected chi connectivity index (χ4v) is 3.00. The molecule has 4 heterocycles. The number of pyridine rings is 1. The van der Waals surface area contributed by atoms with Gasteiger partial charge in [-0.05, 0) is 26.0 Å². The third kappa shape index (κ3) is 2.20. The Morgan fingerprint density at radius 1 is 1.36 bits per heavy atom. The lowest BCUT2D eigenvalue weighted by molar-refractivity contribution is 0.319. The number of fused-ring (bicyclic) bond motifs is 3. The van der Waals surface area contributed by atoms with Gasteiger partial charge in [0.1, 0.15) is 11.4 Å². The van der Waals surface area contributed by atoms with Crippen molar-refractivity contribution in [3.63, 3.8) is 0 Å². The lowest BCUT2D eigenvalue weighted by atomic mass is 9.97. The molecule has 25 heavy (non-hydrogen) atoms. The summed E-state index contributed by atoms with van der Waals surface area (Å²) in [6.45, 7) is 3.64. The Labute approximate surface area is 141 Å². The molecule has 1 aliphatic heterocycles. The average Bonchev–Trinajstić information content (AvgIpc) is 3.14. The van der Waals surface area contributed by atoms with Gasteiger partial charge in [-0.3, -0.25) is 5.41 Å². The van der Waals surface area contributed by atoms with Crippen LogP contribution in [0.25, 0.3) is 22.1 Å². The van der Waals surface area contributed by atoms with E-state index in [1.165, 1.54) is 0 Å². The Bertz CT molecular complexity index is 1130. The zero-order valence-electron chi connectivity index (χ0n) is 13.6. The Balaban J connectivity index is 1.76. The quantitative estimate of drug-likeness (QED) is 0.417. The maximum atomic E-state index is 8.89. The SMILES string of the molecule is CC1=N/C(=N/O)C(=N)C(N)=C1Cc1ccc2c(n1)[nH]c1onc(C)c12. The van der Waals surface area contributed by atoms with E-state index in [0.29, 0.717) is 29.1 Å². The molecule has 0 saturated carbocycles. The van der Waals surface area contributed by atoms with Crippen LogP contribution in [0, 0.1) is 12.3 Å². The Kier molecular flexibility index (Phi) is 3.17. The molecule has 0 unspecified atom stereocenters. The molecular weight excluding hydrogens is 322 g/mol. The van der Waals surface area contributed by atoms with Crippen molar-refractivity contribution in [1.82, 2.24) is 15.1 Å². The third-order valence-corrected chi connectivity index (χ3v) is 4.30. The van der Waals surface area contributed by atoms with E-state index in [-0.39, 0.29) is 17.2 Å². The number of rotatable bonds is 2. The average molecular weight is 337 g/mol. The van der Waals surface area contributed by atoms with E-state index in [4.69, 9.17) is 20.9 Å². The molecule has 0 spiro atoms. The van der Waals surface area contributed by atoms with E-state index < -0.39 is 0 Å². The summed E-state index contributed by atoms with van der Waals surface area (Å²) in [5.41, 5.74) is 10.3. The number of allylic oxidation sites excluding steroid dienone is 1. The van der Waals surface area contributed by atoms with Crippen LogP contribution in [-0.2, 0) is 6.42 Å². The minimum absolute atomic E-state index is 0.0881. The number of aryl methyl sites for hydroxylation is 1. The van der Waals surface area contributed by atoms with Gasteiger partial charge in [0.25, 0.3) is 0 Å². The van der Waals surface area contributed by atoms with Crippen LogP contribution < -0.4 is 5.73 Å². The first kappa shape index (κ1) is 15.1. The van der Waals surface area contributed by atoms with E-state index in [1.807, 2.05) is 19.1 Å².